The van der Waals surface area contributed by atoms with Gasteiger partial charge in [0, 0.05) is 19.1 Å². The van der Waals surface area contributed by atoms with Crippen molar-refractivity contribution in [1.82, 2.24) is 10.2 Å². The van der Waals surface area contributed by atoms with Crippen LogP contribution in [0.2, 0.25) is 0 Å². The van der Waals surface area contributed by atoms with E-state index in [1.807, 2.05) is 0 Å². The van der Waals surface area contributed by atoms with E-state index in [1.54, 1.807) is 0 Å². The van der Waals surface area contributed by atoms with Crippen molar-refractivity contribution in [3.8, 4) is 0 Å². The Hall–Kier alpha value is -0.120. The first-order chi connectivity index (χ1) is 6.76. The van der Waals surface area contributed by atoms with Gasteiger partial charge in [0.1, 0.15) is 0 Å². The molecule has 3 nitrogen and oxygen atoms in total. The minimum Gasteiger partial charge on any atom is -0.373 e. The van der Waals surface area contributed by atoms with Crippen LogP contribution in [0, 0.1) is 5.92 Å². The Morgan fingerprint density at radius 2 is 2.36 bits per heavy atom. The highest BCUT2D eigenvalue weighted by Crippen LogP contribution is 2.47. The minimum atomic E-state index is 0.256. The van der Waals surface area contributed by atoms with Crippen LogP contribution in [0.15, 0.2) is 0 Å². The third kappa shape index (κ3) is 1.47. The van der Waals surface area contributed by atoms with Crippen molar-refractivity contribution in [2.45, 2.75) is 30.9 Å². The lowest BCUT2D eigenvalue weighted by molar-refractivity contribution is 0.000835. The summed E-state index contributed by atoms with van der Waals surface area (Å²) in [7, 11) is 2.20. The largest absolute Gasteiger partial charge is 0.373 e. The zero-order chi connectivity index (χ0) is 9.60. The van der Waals surface area contributed by atoms with E-state index in [1.165, 1.54) is 32.4 Å². The molecule has 4 fully saturated rings. The topological polar surface area (TPSA) is 24.5 Å². The standard InChI is InChI=1S/C11H20N2O/c1-13-3-2-10(6-13)12-8-11-4-9(5-11)7-14-11/h9-10,12H,2-8H2,1H3/t9?,10-,11?/m1/s1. The maximum atomic E-state index is 5.83. The summed E-state index contributed by atoms with van der Waals surface area (Å²) < 4.78 is 5.83. The Morgan fingerprint density at radius 1 is 1.50 bits per heavy atom. The van der Waals surface area contributed by atoms with Gasteiger partial charge in [-0.2, -0.15) is 0 Å². The van der Waals surface area contributed by atoms with Crippen LogP contribution >= 0.6 is 0 Å². The minimum absolute atomic E-state index is 0.256. The summed E-state index contributed by atoms with van der Waals surface area (Å²) in [5, 5.41) is 3.67. The molecule has 3 saturated heterocycles. The molecule has 14 heavy (non-hydrogen) atoms. The van der Waals surface area contributed by atoms with Crippen molar-refractivity contribution in [3.05, 3.63) is 0 Å². The zero-order valence-electron chi connectivity index (χ0n) is 8.96. The Bertz CT molecular complexity index is 220. The first kappa shape index (κ1) is 9.13. The van der Waals surface area contributed by atoms with E-state index in [9.17, 15) is 0 Å². The van der Waals surface area contributed by atoms with E-state index in [4.69, 9.17) is 4.74 Å². The Kier molecular flexibility index (Phi) is 2.08. The van der Waals surface area contributed by atoms with Gasteiger partial charge in [0.15, 0.2) is 0 Å². The third-order valence-corrected chi connectivity index (χ3v) is 4.05. The van der Waals surface area contributed by atoms with E-state index in [2.05, 4.69) is 17.3 Å². The molecule has 80 valence electrons. The van der Waals surface area contributed by atoms with Crippen molar-refractivity contribution in [3.63, 3.8) is 0 Å². The van der Waals surface area contributed by atoms with Gasteiger partial charge in [0.25, 0.3) is 0 Å². The summed E-state index contributed by atoms with van der Waals surface area (Å²) in [6.07, 6.45) is 3.92. The van der Waals surface area contributed by atoms with Gasteiger partial charge < -0.3 is 15.0 Å². The van der Waals surface area contributed by atoms with Crippen molar-refractivity contribution in [2.75, 3.05) is 33.3 Å². The highest BCUT2D eigenvalue weighted by Gasteiger charge is 2.51. The molecule has 0 radical (unpaired) electrons. The van der Waals surface area contributed by atoms with Gasteiger partial charge in [-0.3, -0.25) is 0 Å². The number of fused-ring (bicyclic) bond motifs is 1. The zero-order valence-corrected chi connectivity index (χ0v) is 8.96. The summed E-state index contributed by atoms with van der Waals surface area (Å²) in [4.78, 5) is 2.40. The lowest BCUT2D eigenvalue weighted by atomic mass is 9.74. The van der Waals surface area contributed by atoms with E-state index in [0.29, 0.717) is 6.04 Å². The van der Waals surface area contributed by atoms with Gasteiger partial charge in [-0.15, -0.1) is 0 Å². The molecule has 0 spiro atoms. The molecule has 3 heterocycles. The van der Waals surface area contributed by atoms with Crippen molar-refractivity contribution < 1.29 is 4.74 Å². The summed E-state index contributed by atoms with van der Waals surface area (Å²) in [6, 6.07) is 0.706. The highest BCUT2D eigenvalue weighted by molar-refractivity contribution is 5.03. The molecule has 3 heteroatoms. The predicted molar refractivity (Wildman–Crippen MR) is 55.3 cm³/mol. The van der Waals surface area contributed by atoms with Crippen LogP contribution in [-0.4, -0.2) is 49.8 Å². The Morgan fingerprint density at radius 3 is 2.93 bits per heavy atom. The van der Waals surface area contributed by atoms with Crippen molar-refractivity contribution in [2.24, 2.45) is 5.92 Å². The third-order valence-electron chi connectivity index (χ3n) is 4.05. The monoisotopic (exact) mass is 196 g/mol. The summed E-state index contributed by atoms with van der Waals surface area (Å²) >= 11 is 0. The SMILES string of the molecule is CN1CC[C@@H](NCC23CC(CO2)C3)C1. The average Bonchev–Trinajstić information content (AvgIpc) is 2.73. The molecule has 0 aromatic heterocycles. The number of nitrogens with one attached hydrogen (secondary N) is 1. The molecule has 1 aliphatic carbocycles. The van der Waals surface area contributed by atoms with Crippen LogP contribution in [0.1, 0.15) is 19.3 Å². The quantitative estimate of drug-likeness (QED) is 0.709. The molecule has 0 aromatic rings. The molecule has 0 aromatic carbocycles. The summed E-state index contributed by atoms with van der Waals surface area (Å²) in [5.41, 5.74) is 0.256. The van der Waals surface area contributed by atoms with E-state index < -0.39 is 0 Å². The highest BCUT2D eigenvalue weighted by atomic mass is 16.5. The lowest BCUT2D eigenvalue weighted by Crippen LogP contribution is -2.48. The van der Waals surface area contributed by atoms with E-state index in [-0.39, 0.29) is 5.60 Å². The molecular weight excluding hydrogens is 176 g/mol. The van der Waals surface area contributed by atoms with E-state index in [0.717, 1.165) is 19.1 Å². The second-order valence-electron chi connectivity index (χ2n) is 5.40. The van der Waals surface area contributed by atoms with Crippen LogP contribution in [0.25, 0.3) is 0 Å². The van der Waals surface area contributed by atoms with Gasteiger partial charge in [-0.05, 0) is 38.8 Å². The van der Waals surface area contributed by atoms with Crippen LogP contribution < -0.4 is 5.32 Å². The first-order valence-electron chi connectivity index (χ1n) is 5.82. The Balaban J connectivity index is 1.46. The molecule has 0 amide bonds. The molecular formula is C11H20N2O. The molecule has 3 aliphatic heterocycles. The second-order valence-corrected chi connectivity index (χ2v) is 5.40. The van der Waals surface area contributed by atoms with Crippen LogP contribution in [0.4, 0.5) is 0 Å². The van der Waals surface area contributed by atoms with E-state index >= 15 is 0 Å². The number of hydrogen-bond acceptors (Lipinski definition) is 3. The van der Waals surface area contributed by atoms with Gasteiger partial charge in [-0.1, -0.05) is 0 Å². The van der Waals surface area contributed by atoms with Crippen LogP contribution in [-0.2, 0) is 4.74 Å². The lowest BCUT2D eigenvalue weighted by Gasteiger charge is -2.36. The van der Waals surface area contributed by atoms with Crippen molar-refractivity contribution in [1.29, 1.82) is 0 Å². The number of ether oxygens (including phenoxy) is 1. The average molecular weight is 196 g/mol. The molecule has 1 saturated carbocycles. The number of likely N-dealkylation sites (N-methyl/N-ethyl adjacent to an activating group) is 1. The first-order valence-corrected chi connectivity index (χ1v) is 5.82. The molecule has 0 unspecified atom stereocenters. The van der Waals surface area contributed by atoms with Crippen LogP contribution in [0.3, 0.4) is 0 Å². The van der Waals surface area contributed by atoms with Gasteiger partial charge in [0.05, 0.1) is 12.2 Å². The van der Waals surface area contributed by atoms with Gasteiger partial charge in [0.2, 0.25) is 0 Å². The van der Waals surface area contributed by atoms with Gasteiger partial charge >= 0.3 is 0 Å². The fourth-order valence-electron chi connectivity index (χ4n) is 3.15. The molecule has 4 rings (SSSR count). The number of likely N-dealkylation sites (tertiary alicyclic amines) is 1. The molecule has 4 aliphatic rings. The maximum Gasteiger partial charge on any atom is 0.0813 e. The molecule has 1 atom stereocenters. The Labute approximate surface area is 85.8 Å². The smallest absolute Gasteiger partial charge is 0.0813 e. The molecule has 2 bridgehead atoms. The number of rotatable bonds is 3. The molecule has 1 N–H and O–H groups in total. The van der Waals surface area contributed by atoms with Gasteiger partial charge in [-0.25, -0.2) is 0 Å². The predicted octanol–water partition coefficient (Wildman–Crippen LogP) is 0.459. The number of hydrogen-bond donors (Lipinski definition) is 1. The maximum absolute atomic E-state index is 5.83. The fraction of sp³-hybridized carbons (Fsp3) is 1.00. The van der Waals surface area contributed by atoms with Crippen molar-refractivity contribution >= 4 is 0 Å². The second kappa shape index (κ2) is 3.19. The fourth-order valence-corrected chi connectivity index (χ4v) is 3.15. The number of nitrogens with zero attached hydrogens (tertiary/aromatic N) is 1. The normalized spacial score (nSPS) is 46.9. The van der Waals surface area contributed by atoms with Crippen LogP contribution in [0.5, 0.6) is 0 Å². The summed E-state index contributed by atoms with van der Waals surface area (Å²) in [6.45, 7) is 4.56. The summed E-state index contributed by atoms with van der Waals surface area (Å²) in [5.74, 6) is 0.892.